The van der Waals surface area contributed by atoms with Crippen LogP contribution in [0.25, 0.3) is 0 Å². The Labute approximate surface area is 120 Å². The number of nitrogens with two attached hydrogens (primary N) is 2. The molecule has 0 saturated heterocycles. The van der Waals surface area contributed by atoms with Gasteiger partial charge in [-0.1, -0.05) is 46.3 Å². The first-order valence-corrected chi connectivity index (χ1v) is 6.61. The predicted octanol–water partition coefficient (Wildman–Crippen LogP) is 4.00. The van der Waals surface area contributed by atoms with Gasteiger partial charge in [0, 0.05) is 12.4 Å². The van der Waals surface area contributed by atoms with Crippen molar-refractivity contribution in [3.05, 3.63) is 23.4 Å². The second kappa shape index (κ2) is 44.0. The smallest absolute Gasteiger partial charge is 0.205 e. The zero-order valence-electron chi connectivity index (χ0n) is 14.1. The lowest BCUT2D eigenvalue weighted by Gasteiger charge is -1.91. The molecule has 0 spiro atoms. The van der Waals surface area contributed by atoms with Crippen LogP contribution in [0, 0.1) is 11.5 Å². The van der Waals surface area contributed by atoms with E-state index < -0.39 is 0 Å². The maximum atomic E-state index is 7.40. The van der Waals surface area contributed by atoms with Gasteiger partial charge in [-0.25, -0.2) is 0 Å². The molecule has 0 aliphatic carbocycles. The van der Waals surface area contributed by atoms with Gasteiger partial charge in [-0.15, -0.1) is 0 Å². The molecule has 4 N–H and O–H groups in total. The van der Waals surface area contributed by atoms with Crippen molar-refractivity contribution in [2.45, 2.75) is 54.9 Å². The van der Waals surface area contributed by atoms with E-state index in [0.29, 0.717) is 0 Å². The van der Waals surface area contributed by atoms with Gasteiger partial charge in [-0.2, -0.15) is 10.3 Å². The number of allylic oxidation sites excluding steroid dienone is 3. The van der Waals surface area contributed by atoms with Crippen molar-refractivity contribution in [2.75, 3.05) is 7.05 Å². The van der Waals surface area contributed by atoms with E-state index >= 15 is 0 Å². The van der Waals surface area contributed by atoms with Gasteiger partial charge in [0.05, 0.1) is 0 Å². The van der Waals surface area contributed by atoms with Crippen LogP contribution in [0.2, 0.25) is 0 Å². The fourth-order valence-electron chi connectivity index (χ4n) is 0.628. The Morgan fingerprint density at radius 3 is 1.68 bits per heavy atom. The van der Waals surface area contributed by atoms with Gasteiger partial charge < -0.3 is 11.5 Å². The molecule has 0 saturated carbocycles. The van der Waals surface area contributed by atoms with Crippen LogP contribution < -0.4 is 11.5 Å². The van der Waals surface area contributed by atoms with Crippen LogP contribution in [0.5, 0.6) is 0 Å². The summed E-state index contributed by atoms with van der Waals surface area (Å²) in [6.07, 6.45) is 6.44. The molecule has 0 aliphatic heterocycles. The summed E-state index contributed by atoms with van der Waals surface area (Å²) in [6, 6.07) is 0. The van der Waals surface area contributed by atoms with Crippen LogP contribution in [0.3, 0.4) is 0 Å². The minimum Gasteiger partial charge on any atom is -0.399 e. The van der Waals surface area contributed by atoms with Gasteiger partial charge in [0.2, 0.25) is 6.19 Å². The third-order valence-corrected chi connectivity index (χ3v) is 0.966. The standard InChI is InChI=1S/C8H15N.C2H2N2.2C2H6.CH5N/c1-4-5-8(9)6-7(2)3;1-4-2-3;3*1-2/h5-6H,4,9H2,1-3H3;1H2;2*1-2H3;2H2,1H3/b8-5+;;;;. The number of rotatable bonds is 2. The molecule has 0 atom stereocenters. The summed E-state index contributed by atoms with van der Waals surface area (Å²) in [5, 5.41) is 7.40. The molecule has 0 aromatic heterocycles. The van der Waals surface area contributed by atoms with E-state index in [-0.39, 0.29) is 0 Å². The molecule has 114 valence electrons. The van der Waals surface area contributed by atoms with Crippen LogP contribution in [0.1, 0.15) is 54.9 Å². The summed E-state index contributed by atoms with van der Waals surface area (Å²) >= 11 is 0. The number of hydrogen-bond donors (Lipinski definition) is 2. The Hall–Kier alpha value is -1.60. The molecular weight excluding hydrogens is 236 g/mol. The van der Waals surface area contributed by atoms with Crippen molar-refractivity contribution in [1.29, 1.82) is 5.26 Å². The third-order valence-electron chi connectivity index (χ3n) is 0.966. The predicted molar refractivity (Wildman–Crippen MR) is 90.0 cm³/mol. The second-order valence-electron chi connectivity index (χ2n) is 2.59. The first-order valence-electron chi connectivity index (χ1n) is 6.61. The fraction of sp³-hybridized carbons (Fsp3) is 0.600. The quantitative estimate of drug-likeness (QED) is 0.451. The van der Waals surface area contributed by atoms with E-state index in [2.05, 4.69) is 24.4 Å². The molecule has 0 unspecified atom stereocenters. The van der Waals surface area contributed by atoms with Gasteiger partial charge in [0.25, 0.3) is 0 Å². The van der Waals surface area contributed by atoms with Crippen LogP contribution in [0.15, 0.2) is 28.4 Å². The van der Waals surface area contributed by atoms with Crippen molar-refractivity contribution in [3.8, 4) is 6.19 Å². The Bertz CT molecular complexity index is 231. The fourth-order valence-corrected chi connectivity index (χ4v) is 0.628. The number of nitriles is 1. The molecule has 0 radical (unpaired) electrons. The van der Waals surface area contributed by atoms with Gasteiger partial charge >= 0.3 is 0 Å². The maximum Gasteiger partial charge on any atom is 0.205 e. The Kier molecular flexibility index (Phi) is 70.5. The van der Waals surface area contributed by atoms with Crippen molar-refractivity contribution in [1.82, 2.24) is 0 Å². The van der Waals surface area contributed by atoms with Crippen LogP contribution in [-0.4, -0.2) is 13.8 Å². The highest BCUT2D eigenvalue weighted by atomic mass is 14.7. The summed E-state index contributed by atoms with van der Waals surface area (Å²) in [6.45, 7) is 17.0. The molecule has 0 heterocycles. The molecule has 4 nitrogen and oxygen atoms in total. The Morgan fingerprint density at radius 1 is 1.21 bits per heavy atom. The average molecular weight is 270 g/mol. The second-order valence-corrected chi connectivity index (χ2v) is 2.59. The van der Waals surface area contributed by atoms with E-state index in [1.165, 1.54) is 18.8 Å². The lowest BCUT2D eigenvalue weighted by atomic mass is 10.2. The van der Waals surface area contributed by atoms with E-state index in [9.17, 15) is 0 Å². The summed E-state index contributed by atoms with van der Waals surface area (Å²) in [5.41, 5.74) is 12.2. The molecular formula is C15H34N4. The van der Waals surface area contributed by atoms with Crippen LogP contribution in [0.4, 0.5) is 0 Å². The minimum atomic E-state index is 0.873. The molecule has 0 aromatic rings. The van der Waals surface area contributed by atoms with Gasteiger partial charge in [-0.05, 0) is 33.4 Å². The highest BCUT2D eigenvalue weighted by molar-refractivity contribution is 5.25. The SMILES string of the molecule is C=NC#N.CC.CC.CC/C=C(/N)C=C(C)C.CN. The minimum absolute atomic E-state index is 0.873. The van der Waals surface area contributed by atoms with Crippen molar-refractivity contribution in [3.63, 3.8) is 0 Å². The maximum absolute atomic E-state index is 7.40. The molecule has 0 bridgehead atoms. The zero-order valence-corrected chi connectivity index (χ0v) is 14.1. The van der Waals surface area contributed by atoms with Crippen LogP contribution in [-0.2, 0) is 0 Å². The van der Waals surface area contributed by atoms with Gasteiger partial charge in [0.1, 0.15) is 0 Å². The number of hydrogen-bond acceptors (Lipinski definition) is 4. The molecule has 0 amide bonds. The topological polar surface area (TPSA) is 88.2 Å². The van der Waals surface area contributed by atoms with Gasteiger partial charge in [0.15, 0.2) is 0 Å². The molecule has 0 fully saturated rings. The normalized spacial score (nSPS) is 7.05. The highest BCUT2D eigenvalue weighted by Gasteiger charge is 1.80. The average Bonchev–Trinajstić information content (AvgIpc) is 2.45. The lowest BCUT2D eigenvalue weighted by Crippen LogP contribution is -1.92. The summed E-state index contributed by atoms with van der Waals surface area (Å²) in [4.78, 5) is 2.79. The summed E-state index contributed by atoms with van der Waals surface area (Å²) < 4.78 is 0. The van der Waals surface area contributed by atoms with E-state index in [1.807, 2.05) is 53.7 Å². The third kappa shape index (κ3) is 83.0. The summed E-state index contributed by atoms with van der Waals surface area (Å²) in [7, 11) is 1.50. The first kappa shape index (κ1) is 30.4. The monoisotopic (exact) mass is 270 g/mol. The highest BCUT2D eigenvalue weighted by Crippen LogP contribution is 1.95. The van der Waals surface area contributed by atoms with Crippen molar-refractivity contribution in [2.24, 2.45) is 16.5 Å². The van der Waals surface area contributed by atoms with Crippen molar-refractivity contribution < 1.29 is 0 Å². The zero-order chi connectivity index (χ0) is 16.7. The Balaban J connectivity index is -0.0000000549. The van der Waals surface area contributed by atoms with Crippen molar-refractivity contribution >= 4 is 6.72 Å². The Morgan fingerprint density at radius 2 is 1.53 bits per heavy atom. The molecule has 19 heavy (non-hydrogen) atoms. The van der Waals surface area contributed by atoms with Gasteiger partial charge in [-0.3, -0.25) is 0 Å². The summed E-state index contributed by atoms with van der Waals surface area (Å²) in [5.74, 6) is 0. The number of nitrogens with zero attached hydrogens (tertiary/aromatic N) is 2. The molecule has 0 aliphatic rings. The van der Waals surface area contributed by atoms with E-state index in [0.717, 1.165) is 12.1 Å². The van der Waals surface area contributed by atoms with Crippen LogP contribution >= 0.6 is 0 Å². The molecule has 0 aromatic carbocycles. The molecule has 4 heteroatoms. The largest absolute Gasteiger partial charge is 0.399 e. The molecule has 0 rings (SSSR count). The van der Waals surface area contributed by atoms with E-state index in [1.54, 1.807) is 0 Å². The first-order chi connectivity index (χ1) is 9.08. The number of aliphatic imine (C=N–C) groups is 1. The van der Waals surface area contributed by atoms with E-state index in [4.69, 9.17) is 11.0 Å². The lowest BCUT2D eigenvalue weighted by molar-refractivity contribution is 1.18.